The highest BCUT2D eigenvalue weighted by Crippen LogP contribution is 2.27. The minimum absolute atomic E-state index is 0.316. The Labute approximate surface area is 139 Å². The third kappa shape index (κ3) is 4.50. The first-order valence-corrected chi connectivity index (χ1v) is 8.10. The zero-order chi connectivity index (χ0) is 16.7. The van der Waals surface area contributed by atoms with Crippen molar-refractivity contribution in [3.8, 4) is 11.5 Å². The van der Waals surface area contributed by atoms with E-state index in [0.29, 0.717) is 17.1 Å². The van der Waals surface area contributed by atoms with Crippen LogP contribution in [0.1, 0.15) is 15.9 Å². The third-order valence-corrected chi connectivity index (χ3v) is 3.84. The molecule has 0 aliphatic carbocycles. The van der Waals surface area contributed by atoms with Gasteiger partial charge >= 0.3 is 0 Å². The van der Waals surface area contributed by atoms with Gasteiger partial charge in [0.15, 0.2) is 11.5 Å². The number of amides is 1. The fourth-order valence-electron chi connectivity index (χ4n) is 1.93. The number of thioether (sulfide) groups is 1. The molecule has 2 rings (SSSR count). The molecule has 0 aliphatic rings. The number of hydrazone groups is 1. The Hall–Kier alpha value is -2.47. The summed E-state index contributed by atoms with van der Waals surface area (Å²) in [7, 11) is 3.07. The Balaban J connectivity index is 2.05. The summed E-state index contributed by atoms with van der Waals surface area (Å²) in [4.78, 5) is 13.2. The van der Waals surface area contributed by atoms with E-state index in [4.69, 9.17) is 9.47 Å². The number of nitrogens with zero attached hydrogens (tertiary/aromatic N) is 1. The van der Waals surface area contributed by atoms with Gasteiger partial charge in [-0.2, -0.15) is 5.10 Å². The van der Waals surface area contributed by atoms with Crippen molar-refractivity contribution in [2.75, 3.05) is 20.5 Å². The molecule has 0 aliphatic heterocycles. The molecular weight excluding hydrogens is 312 g/mol. The number of nitrogens with one attached hydrogen (secondary N) is 1. The Morgan fingerprint density at radius 3 is 2.61 bits per heavy atom. The lowest BCUT2D eigenvalue weighted by atomic mass is 10.2. The normalized spacial score (nSPS) is 10.6. The van der Waals surface area contributed by atoms with Crippen LogP contribution in [0.4, 0.5) is 0 Å². The maximum atomic E-state index is 12.1. The van der Waals surface area contributed by atoms with Gasteiger partial charge in [0.05, 0.1) is 20.4 Å². The van der Waals surface area contributed by atoms with Crippen LogP contribution in [0.25, 0.3) is 0 Å². The van der Waals surface area contributed by atoms with E-state index in [1.54, 1.807) is 43.3 Å². The van der Waals surface area contributed by atoms with Crippen molar-refractivity contribution in [2.24, 2.45) is 5.10 Å². The molecule has 0 saturated carbocycles. The largest absolute Gasteiger partial charge is 0.493 e. The minimum Gasteiger partial charge on any atom is -0.493 e. The molecule has 0 atom stereocenters. The van der Waals surface area contributed by atoms with Crippen LogP contribution in [0.15, 0.2) is 52.5 Å². The van der Waals surface area contributed by atoms with Gasteiger partial charge in [-0.3, -0.25) is 4.79 Å². The van der Waals surface area contributed by atoms with E-state index < -0.39 is 0 Å². The zero-order valence-electron chi connectivity index (χ0n) is 13.2. The van der Waals surface area contributed by atoms with Crippen molar-refractivity contribution in [3.05, 3.63) is 53.6 Å². The maximum Gasteiger partial charge on any atom is 0.271 e. The van der Waals surface area contributed by atoms with Crippen LogP contribution in [0.3, 0.4) is 0 Å². The summed E-state index contributed by atoms with van der Waals surface area (Å²) in [5, 5.41) is 3.99. The molecule has 6 heteroatoms. The maximum absolute atomic E-state index is 12.1. The lowest BCUT2D eigenvalue weighted by molar-refractivity contribution is 0.0954. The molecular formula is C17H18N2O3S. The first-order chi connectivity index (χ1) is 11.2. The second kappa shape index (κ2) is 8.24. The van der Waals surface area contributed by atoms with Crippen LogP contribution < -0.4 is 14.9 Å². The predicted octanol–water partition coefficient (Wildman–Crippen LogP) is 3.19. The van der Waals surface area contributed by atoms with Crippen LogP contribution in [0, 0.1) is 0 Å². The smallest absolute Gasteiger partial charge is 0.271 e. The highest BCUT2D eigenvalue weighted by Gasteiger charge is 2.09. The molecule has 0 fully saturated rings. The number of hydrogen-bond acceptors (Lipinski definition) is 5. The van der Waals surface area contributed by atoms with E-state index >= 15 is 0 Å². The van der Waals surface area contributed by atoms with Crippen molar-refractivity contribution >= 4 is 23.9 Å². The first kappa shape index (κ1) is 16.9. The number of carbonyl (C=O) groups is 1. The molecule has 0 saturated heterocycles. The Kier molecular flexibility index (Phi) is 6.05. The average Bonchev–Trinajstić information content (AvgIpc) is 2.61. The van der Waals surface area contributed by atoms with Crippen molar-refractivity contribution in [2.45, 2.75) is 4.90 Å². The Bertz CT molecular complexity index is 717. The molecule has 1 N–H and O–H groups in total. The molecule has 0 heterocycles. The number of ether oxygens (including phenoxy) is 2. The quantitative estimate of drug-likeness (QED) is 0.502. The first-order valence-electron chi connectivity index (χ1n) is 6.87. The minimum atomic E-state index is -0.316. The van der Waals surface area contributed by atoms with Gasteiger partial charge < -0.3 is 9.47 Å². The van der Waals surface area contributed by atoms with Gasteiger partial charge in [0.2, 0.25) is 0 Å². The SMILES string of the molecule is COc1ccc(C(=O)N/N=C/c2cccc(SC)c2)cc1OC. The highest BCUT2D eigenvalue weighted by atomic mass is 32.2. The Morgan fingerprint density at radius 2 is 1.91 bits per heavy atom. The molecule has 120 valence electrons. The van der Waals surface area contributed by atoms with E-state index in [9.17, 15) is 4.79 Å². The van der Waals surface area contributed by atoms with Crippen LogP contribution in [0.2, 0.25) is 0 Å². The summed E-state index contributed by atoms with van der Waals surface area (Å²) in [6.45, 7) is 0. The number of carbonyl (C=O) groups excluding carboxylic acids is 1. The van der Waals surface area contributed by atoms with Crippen molar-refractivity contribution < 1.29 is 14.3 Å². The lowest BCUT2D eigenvalue weighted by Crippen LogP contribution is -2.17. The van der Waals surface area contributed by atoms with Gasteiger partial charge in [-0.05, 0) is 42.2 Å². The molecule has 0 aromatic heterocycles. The van der Waals surface area contributed by atoms with Gasteiger partial charge in [0, 0.05) is 10.5 Å². The standard InChI is InChI=1S/C17H18N2O3S/c1-21-15-8-7-13(10-16(15)22-2)17(20)19-18-11-12-5-4-6-14(9-12)23-3/h4-11H,1-3H3,(H,19,20)/b18-11+. The van der Waals surface area contributed by atoms with Gasteiger partial charge in [-0.1, -0.05) is 12.1 Å². The highest BCUT2D eigenvalue weighted by molar-refractivity contribution is 7.98. The van der Waals surface area contributed by atoms with E-state index in [-0.39, 0.29) is 5.91 Å². The summed E-state index contributed by atoms with van der Waals surface area (Å²) < 4.78 is 10.3. The van der Waals surface area contributed by atoms with Gasteiger partial charge in [0.1, 0.15) is 0 Å². The summed E-state index contributed by atoms with van der Waals surface area (Å²) in [6.07, 6.45) is 3.62. The third-order valence-electron chi connectivity index (χ3n) is 3.12. The summed E-state index contributed by atoms with van der Waals surface area (Å²) in [6, 6.07) is 12.8. The summed E-state index contributed by atoms with van der Waals surface area (Å²) in [5.41, 5.74) is 3.86. The fourth-order valence-corrected chi connectivity index (χ4v) is 2.40. The molecule has 0 unspecified atom stereocenters. The van der Waals surface area contributed by atoms with Crippen molar-refractivity contribution in [3.63, 3.8) is 0 Å². The lowest BCUT2D eigenvalue weighted by Gasteiger charge is -2.08. The molecule has 0 bridgehead atoms. The van der Waals surface area contributed by atoms with Crippen LogP contribution in [-0.4, -0.2) is 32.6 Å². The van der Waals surface area contributed by atoms with E-state index in [1.165, 1.54) is 7.11 Å². The number of rotatable bonds is 6. The molecule has 0 radical (unpaired) electrons. The number of benzene rings is 2. The molecule has 1 amide bonds. The average molecular weight is 330 g/mol. The number of hydrogen-bond donors (Lipinski definition) is 1. The number of methoxy groups -OCH3 is 2. The van der Waals surface area contributed by atoms with Gasteiger partial charge in [0.25, 0.3) is 5.91 Å². The fraction of sp³-hybridized carbons (Fsp3) is 0.176. The second-order valence-corrected chi connectivity index (χ2v) is 5.43. The molecule has 2 aromatic rings. The van der Waals surface area contributed by atoms with Crippen LogP contribution >= 0.6 is 11.8 Å². The monoisotopic (exact) mass is 330 g/mol. The summed E-state index contributed by atoms with van der Waals surface area (Å²) >= 11 is 1.65. The predicted molar refractivity (Wildman–Crippen MR) is 92.8 cm³/mol. The summed E-state index contributed by atoms with van der Waals surface area (Å²) in [5.74, 6) is 0.751. The zero-order valence-corrected chi connectivity index (χ0v) is 14.0. The van der Waals surface area contributed by atoms with Crippen molar-refractivity contribution in [1.29, 1.82) is 0 Å². The Morgan fingerprint density at radius 1 is 1.13 bits per heavy atom. The molecule has 0 spiro atoms. The van der Waals surface area contributed by atoms with Crippen LogP contribution in [-0.2, 0) is 0 Å². The van der Waals surface area contributed by atoms with E-state index in [1.807, 2.05) is 30.5 Å². The topological polar surface area (TPSA) is 59.9 Å². The van der Waals surface area contributed by atoms with Gasteiger partial charge in [-0.15, -0.1) is 11.8 Å². The van der Waals surface area contributed by atoms with E-state index in [2.05, 4.69) is 10.5 Å². The molecule has 5 nitrogen and oxygen atoms in total. The van der Waals surface area contributed by atoms with E-state index in [0.717, 1.165) is 10.5 Å². The van der Waals surface area contributed by atoms with Crippen LogP contribution in [0.5, 0.6) is 11.5 Å². The van der Waals surface area contributed by atoms with Crippen molar-refractivity contribution in [1.82, 2.24) is 5.43 Å². The molecule has 23 heavy (non-hydrogen) atoms. The second-order valence-electron chi connectivity index (χ2n) is 4.55. The van der Waals surface area contributed by atoms with Gasteiger partial charge in [-0.25, -0.2) is 5.43 Å². The molecule has 2 aromatic carbocycles.